The molecule has 1 aromatic rings. The normalized spacial score (nSPS) is 11.4. The smallest absolute Gasteiger partial charge is 0.0638 e. The molecule has 1 nitrogen and oxygen atoms in total. The molecule has 0 aliphatic rings. The van der Waals surface area contributed by atoms with Gasteiger partial charge >= 0.3 is 0 Å². The molecule has 1 rings (SSSR count). The number of pyridine rings is 1. The molecule has 0 N–H and O–H groups in total. The van der Waals surface area contributed by atoms with Gasteiger partial charge in [-0.15, -0.1) is 0 Å². The lowest BCUT2D eigenvalue weighted by atomic mass is 10.5. The van der Waals surface area contributed by atoms with Crippen LogP contribution in [0.25, 0.3) is 0 Å². The number of hydrogen-bond acceptors (Lipinski definition) is 1. The van der Waals surface area contributed by atoms with Gasteiger partial charge in [0.1, 0.15) is 0 Å². The third kappa shape index (κ3) is 3.51. The first-order valence-corrected chi connectivity index (χ1v) is 9.66. The Labute approximate surface area is 103 Å². The fourth-order valence-electron chi connectivity index (χ4n) is 1.86. The van der Waals surface area contributed by atoms with Crippen molar-refractivity contribution < 1.29 is 0 Å². The lowest BCUT2D eigenvalue weighted by Crippen LogP contribution is -2.19. The van der Waals surface area contributed by atoms with Crippen LogP contribution in [0.15, 0.2) is 18.2 Å². The van der Waals surface area contributed by atoms with E-state index in [4.69, 9.17) is 4.98 Å². The molecule has 0 atom stereocenters. The van der Waals surface area contributed by atoms with Crippen molar-refractivity contribution in [3.8, 4) is 0 Å². The zero-order valence-electron chi connectivity index (χ0n) is 10.9. The van der Waals surface area contributed by atoms with Gasteiger partial charge in [0.2, 0.25) is 0 Å². The quantitative estimate of drug-likeness (QED) is 0.710. The van der Waals surface area contributed by atoms with E-state index >= 15 is 0 Å². The molecule has 0 saturated heterocycles. The van der Waals surface area contributed by atoms with E-state index in [1.165, 1.54) is 35.5 Å². The van der Waals surface area contributed by atoms with Crippen LogP contribution in [0, 0.1) is 0 Å². The third-order valence-corrected chi connectivity index (χ3v) is 7.74. The molecule has 0 spiro atoms. The number of rotatable bonds is 6. The molecule has 0 bridgehead atoms. The maximum atomic E-state index is 4.91. The lowest BCUT2D eigenvalue weighted by Gasteiger charge is -2.17. The predicted octanol–water partition coefficient (Wildman–Crippen LogP) is 3.38. The standard InChI is InChI=1S/C13H23NP2/c1-5-15(6-2)12-10-9-11-13(14-12)16(7-3)8-4/h9-11H,5-8H2,1-4H3. The average Bonchev–Trinajstić information content (AvgIpc) is 2.33. The average molecular weight is 255 g/mol. The van der Waals surface area contributed by atoms with Gasteiger partial charge in [0.15, 0.2) is 0 Å². The molecule has 0 unspecified atom stereocenters. The summed E-state index contributed by atoms with van der Waals surface area (Å²) >= 11 is 0. The SMILES string of the molecule is CCP(CC)c1cccc(P(CC)CC)n1. The highest BCUT2D eigenvalue weighted by atomic mass is 31.1. The molecule has 0 saturated carbocycles. The van der Waals surface area contributed by atoms with Gasteiger partial charge in [-0.1, -0.05) is 49.6 Å². The van der Waals surface area contributed by atoms with Gasteiger partial charge < -0.3 is 0 Å². The number of aromatic nitrogens is 1. The van der Waals surface area contributed by atoms with Crippen LogP contribution in [0.1, 0.15) is 27.7 Å². The Hall–Kier alpha value is 0.01000. The molecule has 90 valence electrons. The van der Waals surface area contributed by atoms with Crippen LogP contribution in [0.4, 0.5) is 0 Å². The van der Waals surface area contributed by atoms with Crippen LogP contribution >= 0.6 is 15.8 Å². The summed E-state index contributed by atoms with van der Waals surface area (Å²) in [4.78, 5) is 4.91. The van der Waals surface area contributed by atoms with Crippen molar-refractivity contribution >= 4 is 26.7 Å². The molecule has 16 heavy (non-hydrogen) atoms. The molecule has 0 fully saturated rings. The molecule has 0 aromatic carbocycles. The maximum absolute atomic E-state index is 4.91. The first-order chi connectivity index (χ1) is 7.76. The zero-order chi connectivity index (χ0) is 12.0. The highest BCUT2D eigenvalue weighted by Crippen LogP contribution is 2.34. The number of nitrogens with zero attached hydrogens (tertiary/aromatic N) is 1. The molecule has 0 aliphatic carbocycles. The first-order valence-electron chi connectivity index (χ1n) is 6.23. The monoisotopic (exact) mass is 255 g/mol. The minimum absolute atomic E-state index is 0.00307. The lowest BCUT2D eigenvalue weighted by molar-refractivity contribution is 1.36. The first kappa shape index (κ1) is 14.1. The Kier molecular flexibility index (Phi) is 6.47. The van der Waals surface area contributed by atoms with Crippen LogP contribution in [0.5, 0.6) is 0 Å². The minimum Gasteiger partial charge on any atom is -0.248 e. The van der Waals surface area contributed by atoms with Crippen LogP contribution in [0.2, 0.25) is 0 Å². The molecular weight excluding hydrogens is 232 g/mol. The third-order valence-electron chi connectivity index (χ3n) is 2.89. The molecular formula is C13H23NP2. The van der Waals surface area contributed by atoms with Crippen LogP contribution in [-0.4, -0.2) is 29.6 Å². The molecule has 1 aromatic heterocycles. The summed E-state index contributed by atoms with van der Waals surface area (Å²) in [6, 6.07) is 6.65. The summed E-state index contributed by atoms with van der Waals surface area (Å²) in [7, 11) is -0.00614. The van der Waals surface area contributed by atoms with Crippen molar-refractivity contribution in [2.45, 2.75) is 27.7 Å². The van der Waals surface area contributed by atoms with Crippen LogP contribution < -0.4 is 10.9 Å². The second-order valence-electron chi connectivity index (χ2n) is 3.70. The van der Waals surface area contributed by atoms with Crippen LogP contribution in [0.3, 0.4) is 0 Å². The maximum Gasteiger partial charge on any atom is 0.0638 e. The second-order valence-corrected chi connectivity index (χ2v) is 9.30. The predicted molar refractivity (Wildman–Crippen MR) is 79.5 cm³/mol. The fourth-order valence-corrected chi connectivity index (χ4v) is 5.22. The second kappa shape index (κ2) is 7.36. The van der Waals surface area contributed by atoms with Crippen molar-refractivity contribution in [2.75, 3.05) is 24.6 Å². The van der Waals surface area contributed by atoms with E-state index in [2.05, 4.69) is 45.9 Å². The Morgan fingerprint density at radius 2 is 1.19 bits per heavy atom. The van der Waals surface area contributed by atoms with E-state index in [0.29, 0.717) is 0 Å². The van der Waals surface area contributed by atoms with Crippen molar-refractivity contribution in [3.05, 3.63) is 18.2 Å². The molecule has 0 aliphatic heterocycles. The summed E-state index contributed by atoms with van der Waals surface area (Å²) in [6.07, 6.45) is 5.05. The van der Waals surface area contributed by atoms with Gasteiger partial charge in [0, 0.05) is 0 Å². The topological polar surface area (TPSA) is 12.9 Å². The van der Waals surface area contributed by atoms with E-state index in [1.54, 1.807) is 0 Å². The Morgan fingerprint density at radius 1 is 0.812 bits per heavy atom. The zero-order valence-corrected chi connectivity index (χ0v) is 12.7. The van der Waals surface area contributed by atoms with E-state index in [-0.39, 0.29) is 15.8 Å². The van der Waals surface area contributed by atoms with Crippen molar-refractivity contribution in [1.29, 1.82) is 0 Å². The molecule has 3 heteroatoms. The molecule has 0 radical (unpaired) electrons. The highest BCUT2D eigenvalue weighted by Gasteiger charge is 2.11. The van der Waals surface area contributed by atoms with E-state index in [0.717, 1.165) is 0 Å². The minimum atomic E-state index is -0.00307. The van der Waals surface area contributed by atoms with Crippen molar-refractivity contribution in [1.82, 2.24) is 4.98 Å². The largest absolute Gasteiger partial charge is 0.248 e. The Balaban J connectivity index is 2.93. The fraction of sp³-hybridized carbons (Fsp3) is 0.615. The van der Waals surface area contributed by atoms with Gasteiger partial charge in [0.25, 0.3) is 0 Å². The summed E-state index contributed by atoms with van der Waals surface area (Å²) in [5.74, 6) is 0. The van der Waals surface area contributed by atoms with E-state index < -0.39 is 0 Å². The van der Waals surface area contributed by atoms with Gasteiger partial charge in [-0.25, -0.2) is 4.98 Å². The molecule has 0 amide bonds. The van der Waals surface area contributed by atoms with Crippen molar-refractivity contribution in [2.24, 2.45) is 0 Å². The van der Waals surface area contributed by atoms with Gasteiger partial charge in [-0.2, -0.15) is 0 Å². The molecule has 1 heterocycles. The van der Waals surface area contributed by atoms with Crippen molar-refractivity contribution in [3.63, 3.8) is 0 Å². The summed E-state index contributed by atoms with van der Waals surface area (Å²) in [6.45, 7) is 9.13. The van der Waals surface area contributed by atoms with Gasteiger partial charge in [0.05, 0.1) is 10.9 Å². The van der Waals surface area contributed by atoms with E-state index in [9.17, 15) is 0 Å². The summed E-state index contributed by atoms with van der Waals surface area (Å²) in [5.41, 5.74) is 2.74. The van der Waals surface area contributed by atoms with Gasteiger partial charge in [-0.05, 0) is 36.8 Å². The summed E-state index contributed by atoms with van der Waals surface area (Å²) in [5, 5.41) is 0. The summed E-state index contributed by atoms with van der Waals surface area (Å²) < 4.78 is 0. The highest BCUT2D eigenvalue weighted by molar-refractivity contribution is 7.66. The van der Waals surface area contributed by atoms with Crippen LogP contribution in [-0.2, 0) is 0 Å². The number of hydrogen-bond donors (Lipinski definition) is 0. The van der Waals surface area contributed by atoms with Gasteiger partial charge in [-0.3, -0.25) is 0 Å². The Morgan fingerprint density at radius 3 is 1.50 bits per heavy atom. The van der Waals surface area contributed by atoms with E-state index in [1.807, 2.05) is 0 Å². The Bertz CT molecular complexity index is 279.